The number of amides is 1. The summed E-state index contributed by atoms with van der Waals surface area (Å²) in [6.07, 6.45) is 2.51. The molecule has 0 radical (unpaired) electrons. The van der Waals surface area contributed by atoms with Gasteiger partial charge in [0.2, 0.25) is 6.10 Å². The van der Waals surface area contributed by atoms with E-state index >= 15 is 0 Å². The zero-order valence-electron chi connectivity index (χ0n) is 24.9. The number of aliphatic carboxylic acids is 1. The lowest BCUT2D eigenvalue weighted by atomic mass is 9.99. The number of hydrogen-bond donors (Lipinski definition) is 1. The van der Waals surface area contributed by atoms with Crippen molar-refractivity contribution in [1.29, 1.82) is 0 Å². The largest absolute Gasteiger partial charge is 0.481 e. The average Bonchev–Trinajstić information content (AvgIpc) is 3.35. The molecule has 1 amide bonds. The van der Waals surface area contributed by atoms with Gasteiger partial charge in [0.15, 0.2) is 5.78 Å². The number of rotatable bonds is 14. The third-order valence-corrected chi connectivity index (χ3v) is 7.42. The molecule has 1 heterocycles. The molecule has 1 aromatic heterocycles. The molecule has 0 aliphatic carbocycles. The highest BCUT2D eigenvalue weighted by atomic mass is 16.5. The van der Waals surface area contributed by atoms with Crippen LogP contribution in [0.15, 0.2) is 79.0 Å². The molecule has 7 nitrogen and oxygen atoms in total. The molecule has 4 rings (SSSR count). The van der Waals surface area contributed by atoms with Crippen molar-refractivity contribution < 1.29 is 24.2 Å². The molecule has 1 N–H and O–H groups in total. The molecule has 4 aromatic rings. The van der Waals surface area contributed by atoms with E-state index in [-0.39, 0.29) is 18.1 Å². The molecule has 0 aliphatic rings. The number of nitrogens with zero attached hydrogens (tertiary/aromatic N) is 2. The van der Waals surface area contributed by atoms with E-state index in [0.29, 0.717) is 48.8 Å². The highest BCUT2D eigenvalue weighted by molar-refractivity contribution is 6.16. The molecule has 0 fully saturated rings. The van der Waals surface area contributed by atoms with Crippen LogP contribution in [-0.2, 0) is 22.6 Å². The van der Waals surface area contributed by atoms with Crippen molar-refractivity contribution >= 4 is 28.6 Å². The van der Waals surface area contributed by atoms with Crippen LogP contribution in [0.5, 0.6) is 5.75 Å². The Morgan fingerprint density at radius 1 is 0.905 bits per heavy atom. The highest BCUT2D eigenvalue weighted by Crippen LogP contribution is 2.28. The SMILES string of the molecule is CCN(CC)C(=O)C(Oc1ccc(C(=O)c2cn(CCCC(=O)O)c3ccccc23)cc1)c1ccc(CC(C)C)cc1. The first kappa shape index (κ1) is 30.6. The molecule has 0 aliphatic heterocycles. The summed E-state index contributed by atoms with van der Waals surface area (Å²) in [5.41, 5.74) is 3.96. The molecule has 3 aromatic carbocycles. The second-order valence-electron chi connectivity index (χ2n) is 11.0. The molecular formula is C35H40N2O5. The Morgan fingerprint density at radius 2 is 1.57 bits per heavy atom. The van der Waals surface area contributed by atoms with E-state index in [0.717, 1.165) is 22.9 Å². The number of aromatic nitrogens is 1. The van der Waals surface area contributed by atoms with Gasteiger partial charge >= 0.3 is 5.97 Å². The van der Waals surface area contributed by atoms with Crippen LogP contribution in [0.2, 0.25) is 0 Å². The molecule has 220 valence electrons. The number of likely N-dealkylation sites (N-methyl/N-ethyl adjacent to an activating group) is 1. The third kappa shape index (κ3) is 7.27. The Balaban J connectivity index is 1.57. The number of benzene rings is 3. The zero-order chi connectivity index (χ0) is 30.2. The Kier molecular flexibility index (Phi) is 10.2. The van der Waals surface area contributed by atoms with Crippen LogP contribution >= 0.6 is 0 Å². The van der Waals surface area contributed by atoms with Crippen molar-refractivity contribution in [3.8, 4) is 5.75 Å². The molecule has 0 bridgehead atoms. The van der Waals surface area contributed by atoms with Gasteiger partial charge in [-0.15, -0.1) is 0 Å². The first-order chi connectivity index (χ1) is 20.2. The van der Waals surface area contributed by atoms with E-state index in [9.17, 15) is 14.4 Å². The van der Waals surface area contributed by atoms with Crippen LogP contribution in [0, 0.1) is 5.92 Å². The number of hydrogen-bond acceptors (Lipinski definition) is 4. The zero-order valence-corrected chi connectivity index (χ0v) is 24.9. The molecule has 42 heavy (non-hydrogen) atoms. The van der Waals surface area contributed by atoms with Gasteiger partial charge in [-0.25, -0.2) is 0 Å². The van der Waals surface area contributed by atoms with Crippen molar-refractivity contribution in [1.82, 2.24) is 9.47 Å². The molecule has 0 saturated heterocycles. The third-order valence-electron chi connectivity index (χ3n) is 7.42. The number of carbonyl (C=O) groups is 3. The van der Waals surface area contributed by atoms with E-state index < -0.39 is 12.1 Å². The Bertz CT molecular complexity index is 1520. The number of fused-ring (bicyclic) bond motifs is 1. The fourth-order valence-electron chi connectivity index (χ4n) is 5.25. The van der Waals surface area contributed by atoms with Gasteiger partial charge in [-0.2, -0.15) is 0 Å². The number of carboxylic acids is 1. The monoisotopic (exact) mass is 568 g/mol. The number of aryl methyl sites for hydroxylation is 1. The predicted molar refractivity (Wildman–Crippen MR) is 165 cm³/mol. The van der Waals surface area contributed by atoms with Crippen LogP contribution in [0.3, 0.4) is 0 Å². The minimum atomic E-state index is -0.839. The summed E-state index contributed by atoms with van der Waals surface area (Å²) in [5.74, 6) is -0.0396. The number of para-hydroxylation sites is 1. The van der Waals surface area contributed by atoms with Gasteiger partial charge < -0.3 is 19.3 Å². The van der Waals surface area contributed by atoms with Crippen LogP contribution in [0.25, 0.3) is 10.9 Å². The first-order valence-corrected chi connectivity index (χ1v) is 14.7. The quantitative estimate of drug-likeness (QED) is 0.167. The number of ether oxygens (including phenoxy) is 1. The Hall–Kier alpha value is -4.39. The topological polar surface area (TPSA) is 88.8 Å². The lowest BCUT2D eigenvalue weighted by Crippen LogP contribution is -2.37. The van der Waals surface area contributed by atoms with Crippen LogP contribution in [0.4, 0.5) is 0 Å². The minimum absolute atomic E-state index is 0.0666. The molecule has 1 unspecified atom stereocenters. The Morgan fingerprint density at radius 3 is 2.19 bits per heavy atom. The highest BCUT2D eigenvalue weighted by Gasteiger charge is 2.27. The number of carboxylic acid groups (broad SMARTS) is 1. The minimum Gasteiger partial charge on any atom is -0.481 e. The normalized spacial score (nSPS) is 11.9. The summed E-state index contributed by atoms with van der Waals surface area (Å²) in [6, 6.07) is 22.6. The molecule has 0 spiro atoms. The second kappa shape index (κ2) is 14.0. The standard InChI is InChI=1S/C35H40N2O5/c1-5-36(6-2)35(41)34(27-15-13-25(14-16-27)22-24(3)4)42-28-19-17-26(18-20-28)33(40)30-23-37(21-9-12-32(38)39)31-11-8-7-10-29(30)31/h7-8,10-11,13-20,23-24,34H,5-6,9,12,21-22H2,1-4H3,(H,38,39). The van der Waals surface area contributed by atoms with Crippen LogP contribution in [0.1, 0.15) is 73.7 Å². The molecular weight excluding hydrogens is 528 g/mol. The van der Waals surface area contributed by atoms with Crippen LogP contribution < -0.4 is 4.74 Å². The fraction of sp³-hybridized carbons (Fsp3) is 0.343. The van der Waals surface area contributed by atoms with Gasteiger partial charge in [-0.05, 0) is 68.5 Å². The smallest absolute Gasteiger partial charge is 0.303 e. The van der Waals surface area contributed by atoms with Gasteiger partial charge in [0.1, 0.15) is 5.75 Å². The Labute approximate surface area is 247 Å². The van der Waals surface area contributed by atoms with Crippen molar-refractivity contribution in [2.24, 2.45) is 5.92 Å². The lowest BCUT2D eigenvalue weighted by molar-refractivity contribution is -0.139. The van der Waals surface area contributed by atoms with Gasteiger partial charge in [0, 0.05) is 59.8 Å². The maximum atomic E-state index is 13.6. The van der Waals surface area contributed by atoms with E-state index in [1.54, 1.807) is 35.4 Å². The average molecular weight is 569 g/mol. The van der Waals surface area contributed by atoms with E-state index in [1.165, 1.54) is 5.56 Å². The van der Waals surface area contributed by atoms with Gasteiger partial charge in [0.25, 0.3) is 5.91 Å². The van der Waals surface area contributed by atoms with Crippen molar-refractivity contribution in [3.05, 3.63) is 101 Å². The molecule has 0 saturated carbocycles. The molecule has 7 heteroatoms. The van der Waals surface area contributed by atoms with E-state index in [1.807, 2.05) is 54.8 Å². The van der Waals surface area contributed by atoms with Gasteiger partial charge in [-0.3, -0.25) is 14.4 Å². The fourth-order valence-corrected chi connectivity index (χ4v) is 5.25. The van der Waals surface area contributed by atoms with Gasteiger partial charge in [0.05, 0.1) is 0 Å². The van der Waals surface area contributed by atoms with Crippen molar-refractivity contribution in [2.45, 2.75) is 59.6 Å². The maximum absolute atomic E-state index is 13.6. The van der Waals surface area contributed by atoms with E-state index in [2.05, 4.69) is 26.0 Å². The second-order valence-corrected chi connectivity index (χ2v) is 11.0. The summed E-state index contributed by atoms with van der Waals surface area (Å²) in [7, 11) is 0. The lowest BCUT2D eigenvalue weighted by Gasteiger charge is -2.26. The summed E-state index contributed by atoms with van der Waals surface area (Å²) in [5, 5.41) is 9.84. The first-order valence-electron chi connectivity index (χ1n) is 14.7. The summed E-state index contributed by atoms with van der Waals surface area (Å²) in [4.78, 5) is 39.8. The van der Waals surface area contributed by atoms with Gasteiger partial charge in [-0.1, -0.05) is 56.3 Å². The number of ketones is 1. The van der Waals surface area contributed by atoms with Crippen molar-refractivity contribution in [3.63, 3.8) is 0 Å². The van der Waals surface area contributed by atoms with Crippen LogP contribution in [-0.4, -0.2) is 45.3 Å². The maximum Gasteiger partial charge on any atom is 0.303 e. The summed E-state index contributed by atoms with van der Waals surface area (Å²) < 4.78 is 8.24. The summed E-state index contributed by atoms with van der Waals surface area (Å²) in [6.45, 7) is 9.93. The van der Waals surface area contributed by atoms with E-state index in [4.69, 9.17) is 9.84 Å². The van der Waals surface area contributed by atoms with Crippen molar-refractivity contribution in [2.75, 3.05) is 13.1 Å². The summed E-state index contributed by atoms with van der Waals surface area (Å²) >= 11 is 0. The molecule has 1 atom stereocenters. The number of carbonyl (C=O) groups excluding carboxylic acids is 2. The predicted octanol–water partition coefficient (Wildman–Crippen LogP) is 6.92.